The molecule has 0 saturated carbocycles. The summed E-state index contributed by atoms with van der Waals surface area (Å²) in [5, 5.41) is 2.76. The summed E-state index contributed by atoms with van der Waals surface area (Å²) in [4.78, 5) is 11.2. The van der Waals surface area contributed by atoms with E-state index < -0.39 is 0 Å². The van der Waals surface area contributed by atoms with Gasteiger partial charge in [0, 0.05) is 6.54 Å². The largest absolute Gasteiger partial charge is 0.353 e. The lowest BCUT2D eigenvalue weighted by molar-refractivity contribution is -0.116. The predicted octanol–water partition coefficient (Wildman–Crippen LogP) is 3.06. The monoisotopic (exact) mass is 221 g/mol. The van der Waals surface area contributed by atoms with Crippen LogP contribution in [0.2, 0.25) is 0 Å². The summed E-state index contributed by atoms with van der Waals surface area (Å²) in [6.45, 7) is 9.40. The van der Waals surface area contributed by atoms with Crippen LogP contribution in [0.25, 0.3) is 0 Å². The number of carbonyl (C=O) groups excluding carboxylic acids is 1. The molecule has 1 atom stereocenters. The van der Waals surface area contributed by atoms with Crippen molar-refractivity contribution in [2.45, 2.75) is 40.5 Å². The zero-order valence-corrected chi connectivity index (χ0v) is 10.8. The van der Waals surface area contributed by atoms with Crippen LogP contribution < -0.4 is 5.32 Å². The molecule has 1 N–H and O–H groups in total. The summed E-state index contributed by atoms with van der Waals surface area (Å²) in [7, 11) is 0. The summed E-state index contributed by atoms with van der Waals surface area (Å²) in [6.07, 6.45) is 8.11. The zero-order valence-electron chi connectivity index (χ0n) is 10.8. The molecule has 1 aliphatic carbocycles. The van der Waals surface area contributed by atoms with Gasteiger partial charge in [-0.2, -0.15) is 0 Å². The van der Waals surface area contributed by atoms with Crippen molar-refractivity contribution in [3.8, 4) is 0 Å². The van der Waals surface area contributed by atoms with Gasteiger partial charge < -0.3 is 5.32 Å². The first-order valence-corrected chi connectivity index (χ1v) is 6.10. The molecule has 2 heteroatoms. The van der Waals surface area contributed by atoms with Crippen LogP contribution in [0.15, 0.2) is 23.8 Å². The lowest BCUT2D eigenvalue weighted by atomic mass is 9.76. The first-order chi connectivity index (χ1) is 7.48. The molecular formula is C14H23NO. The van der Waals surface area contributed by atoms with E-state index >= 15 is 0 Å². The molecule has 90 valence electrons. The average molecular weight is 221 g/mol. The van der Waals surface area contributed by atoms with Gasteiger partial charge in [0.05, 0.1) is 0 Å². The second-order valence-electron chi connectivity index (χ2n) is 5.07. The van der Waals surface area contributed by atoms with E-state index in [-0.39, 0.29) is 11.3 Å². The highest BCUT2D eigenvalue weighted by Crippen LogP contribution is 2.44. The summed E-state index contributed by atoms with van der Waals surface area (Å²) in [5.74, 6) is 0.654. The van der Waals surface area contributed by atoms with Crippen molar-refractivity contribution < 1.29 is 4.79 Å². The molecule has 0 spiro atoms. The van der Waals surface area contributed by atoms with E-state index in [2.05, 4.69) is 32.2 Å². The molecule has 0 saturated heterocycles. The van der Waals surface area contributed by atoms with Gasteiger partial charge in [0.15, 0.2) is 0 Å². The van der Waals surface area contributed by atoms with Gasteiger partial charge in [0.2, 0.25) is 5.91 Å². The lowest BCUT2D eigenvalue weighted by Gasteiger charge is -2.28. The fourth-order valence-corrected chi connectivity index (χ4v) is 2.16. The smallest absolute Gasteiger partial charge is 0.243 e. The molecule has 0 aliphatic heterocycles. The molecule has 1 amide bonds. The van der Waals surface area contributed by atoms with Crippen LogP contribution in [0.3, 0.4) is 0 Å². The Bertz CT molecular complexity index is 313. The third kappa shape index (κ3) is 2.97. The first kappa shape index (κ1) is 13.0. The van der Waals surface area contributed by atoms with Gasteiger partial charge in [-0.3, -0.25) is 4.79 Å². The molecule has 1 rings (SSSR count). The second kappa shape index (κ2) is 5.33. The van der Waals surface area contributed by atoms with Gasteiger partial charge in [-0.1, -0.05) is 31.6 Å². The maximum absolute atomic E-state index is 11.2. The molecular weight excluding hydrogens is 198 g/mol. The van der Waals surface area contributed by atoms with Crippen molar-refractivity contribution in [1.29, 1.82) is 0 Å². The molecule has 16 heavy (non-hydrogen) atoms. The Balaban J connectivity index is 2.43. The van der Waals surface area contributed by atoms with Crippen molar-refractivity contribution in [3.63, 3.8) is 0 Å². The Morgan fingerprint density at radius 1 is 1.62 bits per heavy atom. The molecule has 1 aliphatic rings. The van der Waals surface area contributed by atoms with E-state index in [9.17, 15) is 4.79 Å². The first-order valence-electron chi connectivity index (χ1n) is 6.10. The minimum absolute atomic E-state index is 0.0167. The normalized spacial score (nSPS) is 23.5. The van der Waals surface area contributed by atoms with E-state index in [4.69, 9.17) is 0 Å². The van der Waals surface area contributed by atoms with Crippen LogP contribution in [0.4, 0.5) is 0 Å². The predicted molar refractivity (Wildman–Crippen MR) is 68.1 cm³/mol. The van der Waals surface area contributed by atoms with Gasteiger partial charge in [0.25, 0.3) is 0 Å². The van der Waals surface area contributed by atoms with Crippen LogP contribution >= 0.6 is 0 Å². The Kier molecular flexibility index (Phi) is 4.34. The van der Waals surface area contributed by atoms with Crippen LogP contribution in [0.5, 0.6) is 0 Å². The Labute approximate surface area is 98.8 Å². The summed E-state index contributed by atoms with van der Waals surface area (Å²) in [6, 6.07) is 0. The Morgan fingerprint density at radius 3 is 2.81 bits per heavy atom. The third-order valence-electron chi connectivity index (χ3n) is 3.79. The molecule has 0 fully saturated rings. The van der Waals surface area contributed by atoms with Crippen molar-refractivity contribution in [2.24, 2.45) is 11.3 Å². The van der Waals surface area contributed by atoms with Crippen LogP contribution in [0, 0.1) is 11.3 Å². The highest BCUT2D eigenvalue weighted by atomic mass is 16.1. The van der Waals surface area contributed by atoms with E-state index in [1.807, 2.05) is 13.0 Å². The molecule has 0 heterocycles. The van der Waals surface area contributed by atoms with Gasteiger partial charge in [0.1, 0.15) is 0 Å². The minimum Gasteiger partial charge on any atom is -0.353 e. The molecule has 1 unspecified atom stereocenters. The summed E-state index contributed by atoms with van der Waals surface area (Å²) < 4.78 is 0. The maximum atomic E-state index is 11.2. The quantitative estimate of drug-likeness (QED) is 0.573. The fourth-order valence-electron chi connectivity index (χ4n) is 2.16. The fraction of sp³-hybridized carbons (Fsp3) is 0.643. The highest BCUT2D eigenvalue weighted by Gasteiger charge is 2.33. The summed E-state index contributed by atoms with van der Waals surface area (Å²) >= 11 is 0. The highest BCUT2D eigenvalue weighted by molar-refractivity contribution is 5.87. The third-order valence-corrected chi connectivity index (χ3v) is 3.79. The number of allylic oxidation sites excluding steroid dienone is 3. The molecule has 0 bridgehead atoms. The topological polar surface area (TPSA) is 29.1 Å². The number of carbonyl (C=O) groups is 1. The SMILES string of the molecule is CCNC(=O)/C=C/CC1CC=C(C)C1(C)C. The lowest BCUT2D eigenvalue weighted by Crippen LogP contribution is -2.21. The molecule has 0 aromatic rings. The van der Waals surface area contributed by atoms with Gasteiger partial charge >= 0.3 is 0 Å². The van der Waals surface area contributed by atoms with Crippen LogP contribution in [-0.2, 0) is 4.79 Å². The number of likely N-dealkylation sites (N-methyl/N-ethyl adjacent to an activating group) is 1. The zero-order chi connectivity index (χ0) is 12.2. The second-order valence-corrected chi connectivity index (χ2v) is 5.07. The van der Waals surface area contributed by atoms with E-state index in [0.29, 0.717) is 12.5 Å². The standard InChI is InChI=1S/C14H23NO/c1-5-15-13(16)8-6-7-12-10-9-11(2)14(12,3)4/h6,8-9,12H,5,7,10H2,1-4H3,(H,15,16)/b8-6+. The van der Waals surface area contributed by atoms with E-state index in [1.165, 1.54) is 5.57 Å². The van der Waals surface area contributed by atoms with Crippen molar-refractivity contribution in [1.82, 2.24) is 5.32 Å². The number of rotatable bonds is 4. The molecule has 2 nitrogen and oxygen atoms in total. The van der Waals surface area contributed by atoms with Crippen molar-refractivity contribution in [2.75, 3.05) is 6.54 Å². The van der Waals surface area contributed by atoms with E-state index in [1.54, 1.807) is 6.08 Å². The van der Waals surface area contributed by atoms with Crippen LogP contribution in [-0.4, -0.2) is 12.5 Å². The van der Waals surface area contributed by atoms with Gasteiger partial charge in [-0.15, -0.1) is 0 Å². The van der Waals surface area contributed by atoms with Crippen molar-refractivity contribution >= 4 is 5.91 Å². The maximum Gasteiger partial charge on any atom is 0.243 e. The average Bonchev–Trinajstić information content (AvgIpc) is 2.45. The number of nitrogens with one attached hydrogen (secondary N) is 1. The van der Waals surface area contributed by atoms with E-state index in [0.717, 1.165) is 12.8 Å². The Morgan fingerprint density at radius 2 is 2.31 bits per heavy atom. The molecule has 0 radical (unpaired) electrons. The van der Waals surface area contributed by atoms with Crippen molar-refractivity contribution in [3.05, 3.63) is 23.8 Å². The van der Waals surface area contributed by atoms with Gasteiger partial charge in [-0.25, -0.2) is 0 Å². The minimum atomic E-state index is 0.0167. The number of hydrogen-bond acceptors (Lipinski definition) is 1. The number of hydrogen-bond donors (Lipinski definition) is 1. The van der Waals surface area contributed by atoms with Crippen LogP contribution in [0.1, 0.15) is 40.5 Å². The number of amides is 1. The molecule has 0 aromatic heterocycles. The molecule has 0 aromatic carbocycles. The Hall–Kier alpha value is -1.05. The van der Waals surface area contributed by atoms with Gasteiger partial charge in [-0.05, 0) is 44.1 Å². The summed E-state index contributed by atoms with van der Waals surface area (Å²) in [5.41, 5.74) is 1.76.